The fraction of sp³-hybridized carbons (Fsp3) is 0.222. The number of phosphoric ester groups is 1. The van der Waals surface area contributed by atoms with Gasteiger partial charge < -0.3 is 15.1 Å². The Labute approximate surface area is 132 Å². The molecule has 1 aromatic rings. The zero-order valence-electron chi connectivity index (χ0n) is 11.0. The number of amides is 1. The number of halogens is 1. The van der Waals surface area contributed by atoms with Crippen LogP contribution in [0, 0.1) is 20.2 Å². The Hall–Kier alpha value is -2.11. The molecule has 0 aliphatic carbocycles. The first-order chi connectivity index (χ1) is 10.5. The summed E-state index contributed by atoms with van der Waals surface area (Å²) in [6.45, 7) is -0.915. The van der Waals surface area contributed by atoms with Gasteiger partial charge in [-0.15, -0.1) is 0 Å². The number of nitro groups is 2. The monoisotopic (exact) mass is 369 g/mol. The van der Waals surface area contributed by atoms with Crippen LogP contribution in [0.3, 0.4) is 0 Å². The van der Waals surface area contributed by atoms with E-state index in [1.165, 1.54) is 0 Å². The Bertz CT molecular complexity index is 704. The van der Waals surface area contributed by atoms with Gasteiger partial charge in [-0.1, -0.05) is 11.6 Å². The Morgan fingerprint density at radius 2 is 1.91 bits per heavy atom. The van der Waals surface area contributed by atoms with Crippen molar-refractivity contribution in [1.82, 2.24) is 5.32 Å². The highest BCUT2D eigenvalue weighted by atomic mass is 35.5. The number of rotatable bonds is 7. The summed E-state index contributed by atoms with van der Waals surface area (Å²) in [4.78, 5) is 48.4. The number of nitrogens with zero attached hydrogens (tertiary/aromatic N) is 2. The maximum absolute atomic E-state index is 11.8. The Morgan fingerprint density at radius 1 is 1.30 bits per heavy atom. The fourth-order valence-electron chi connectivity index (χ4n) is 1.42. The van der Waals surface area contributed by atoms with Crippen molar-refractivity contribution in [2.75, 3.05) is 13.2 Å². The van der Waals surface area contributed by atoms with E-state index in [9.17, 15) is 29.6 Å². The van der Waals surface area contributed by atoms with E-state index in [2.05, 4.69) is 9.84 Å². The molecule has 0 heterocycles. The number of carbonyl (C=O) groups excluding carboxylic acids is 1. The minimum Gasteiger partial charge on any atom is -0.350 e. The smallest absolute Gasteiger partial charge is 0.350 e. The SMILES string of the molecule is O=C(NCCOP(=O)(O)O)c1cc([N+](=O)[O-])cc([N+](=O)[O-])c1Cl. The van der Waals surface area contributed by atoms with E-state index in [0.717, 1.165) is 6.07 Å². The van der Waals surface area contributed by atoms with Gasteiger partial charge in [0.25, 0.3) is 17.3 Å². The molecule has 1 rings (SSSR count). The van der Waals surface area contributed by atoms with Crippen LogP contribution in [0.4, 0.5) is 11.4 Å². The summed E-state index contributed by atoms with van der Waals surface area (Å²) in [7, 11) is -4.70. The lowest BCUT2D eigenvalue weighted by Crippen LogP contribution is -2.27. The van der Waals surface area contributed by atoms with Crippen LogP contribution in [0.5, 0.6) is 0 Å². The first-order valence-electron chi connectivity index (χ1n) is 5.63. The van der Waals surface area contributed by atoms with Crippen molar-refractivity contribution in [2.45, 2.75) is 0 Å². The minimum atomic E-state index is -4.70. The quantitative estimate of drug-likeness (QED) is 0.273. The Morgan fingerprint density at radius 3 is 2.39 bits per heavy atom. The van der Waals surface area contributed by atoms with Crippen molar-refractivity contribution in [3.05, 3.63) is 42.9 Å². The molecule has 0 aliphatic heterocycles. The third-order valence-corrected chi connectivity index (χ3v) is 3.25. The fourth-order valence-corrected chi connectivity index (χ4v) is 2.02. The molecule has 0 spiro atoms. The molecule has 0 fully saturated rings. The molecule has 0 aliphatic rings. The number of hydrogen-bond donors (Lipinski definition) is 3. The van der Waals surface area contributed by atoms with E-state index in [-0.39, 0.29) is 6.54 Å². The molecule has 1 amide bonds. The predicted molar refractivity (Wildman–Crippen MR) is 75.1 cm³/mol. The summed E-state index contributed by atoms with van der Waals surface area (Å²) in [6.07, 6.45) is 0. The first kappa shape index (κ1) is 18.9. The van der Waals surface area contributed by atoms with Gasteiger partial charge in [0.15, 0.2) is 0 Å². The summed E-state index contributed by atoms with van der Waals surface area (Å²) in [5, 5.41) is 23.0. The molecule has 0 saturated carbocycles. The molecule has 1 aromatic carbocycles. The van der Waals surface area contributed by atoms with Gasteiger partial charge in [0.05, 0.1) is 28.1 Å². The van der Waals surface area contributed by atoms with E-state index in [4.69, 9.17) is 21.4 Å². The normalized spacial score (nSPS) is 11.1. The molecule has 0 saturated heterocycles. The Balaban J connectivity index is 2.97. The van der Waals surface area contributed by atoms with Crippen molar-refractivity contribution < 1.29 is 33.5 Å². The van der Waals surface area contributed by atoms with E-state index in [1.807, 2.05) is 0 Å². The van der Waals surface area contributed by atoms with Crippen LogP contribution in [0.1, 0.15) is 10.4 Å². The summed E-state index contributed by atoms with van der Waals surface area (Å²) >= 11 is 5.68. The molecule has 0 radical (unpaired) electrons. The number of hydrogen-bond acceptors (Lipinski definition) is 7. The standard InChI is InChI=1S/C9H9ClN3O9P/c10-8-6(9(14)11-1-2-22-23(19,20)21)3-5(12(15)16)4-7(8)13(17)18/h3-4H,1-2H2,(H,11,14)(H2,19,20,21). The average molecular weight is 370 g/mol. The van der Waals surface area contributed by atoms with Crippen LogP contribution in [0.25, 0.3) is 0 Å². The lowest BCUT2D eigenvalue weighted by atomic mass is 10.1. The van der Waals surface area contributed by atoms with Gasteiger partial charge in [0, 0.05) is 12.6 Å². The molecule has 0 atom stereocenters. The molecule has 0 unspecified atom stereocenters. The van der Waals surface area contributed by atoms with Crippen molar-refractivity contribution >= 4 is 36.7 Å². The molecule has 0 bridgehead atoms. The maximum Gasteiger partial charge on any atom is 0.469 e. The highest BCUT2D eigenvalue weighted by molar-refractivity contribution is 7.46. The van der Waals surface area contributed by atoms with Gasteiger partial charge in [-0.2, -0.15) is 0 Å². The largest absolute Gasteiger partial charge is 0.469 e. The number of nitro benzene ring substituents is 2. The van der Waals surface area contributed by atoms with Crippen molar-refractivity contribution in [3.63, 3.8) is 0 Å². The van der Waals surface area contributed by atoms with Crippen LogP contribution >= 0.6 is 19.4 Å². The zero-order chi connectivity index (χ0) is 17.8. The molecule has 12 nitrogen and oxygen atoms in total. The van der Waals surface area contributed by atoms with E-state index in [1.54, 1.807) is 0 Å². The van der Waals surface area contributed by atoms with E-state index in [0.29, 0.717) is 6.07 Å². The maximum atomic E-state index is 11.8. The van der Waals surface area contributed by atoms with Gasteiger partial charge in [0.2, 0.25) is 0 Å². The van der Waals surface area contributed by atoms with E-state index >= 15 is 0 Å². The van der Waals surface area contributed by atoms with Crippen LogP contribution in [-0.4, -0.2) is 38.7 Å². The number of non-ortho nitro benzene ring substituents is 1. The second-order valence-electron chi connectivity index (χ2n) is 3.92. The lowest BCUT2D eigenvalue weighted by Gasteiger charge is -2.08. The molecule has 0 aromatic heterocycles. The predicted octanol–water partition coefficient (Wildman–Crippen LogP) is 0.995. The van der Waals surface area contributed by atoms with Crippen LogP contribution in [0.2, 0.25) is 5.02 Å². The van der Waals surface area contributed by atoms with Gasteiger partial charge in [-0.05, 0) is 0 Å². The second-order valence-corrected chi connectivity index (χ2v) is 5.54. The van der Waals surface area contributed by atoms with Crippen LogP contribution < -0.4 is 5.32 Å². The summed E-state index contributed by atoms with van der Waals surface area (Å²) in [5.41, 5.74) is -2.06. The second kappa shape index (κ2) is 7.44. The number of benzene rings is 1. The lowest BCUT2D eigenvalue weighted by molar-refractivity contribution is -0.394. The molecule has 3 N–H and O–H groups in total. The van der Waals surface area contributed by atoms with Crippen molar-refractivity contribution in [2.24, 2.45) is 0 Å². The van der Waals surface area contributed by atoms with Crippen LogP contribution in [0.15, 0.2) is 12.1 Å². The van der Waals surface area contributed by atoms with Gasteiger partial charge in [-0.3, -0.25) is 29.5 Å². The third kappa shape index (κ3) is 5.54. The summed E-state index contributed by atoms with van der Waals surface area (Å²) in [6, 6.07) is 1.35. The van der Waals surface area contributed by atoms with Gasteiger partial charge in [0.1, 0.15) is 5.02 Å². The Kier molecular flexibility index (Phi) is 6.12. The first-order valence-corrected chi connectivity index (χ1v) is 7.54. The van der Waals surface area contributed by atoms with Crippen LogP contribution in [-0.2, 0) is 9.09 Å². The summed E-state index contributed by atoms with van der Waals surface area (Å²) in [5.74, 6) is -1.00. The van der Waals surface area contributed by atoms with E-state index < -0.39 is 52.1 Å². The molecule has 23 heavy (non-hydrogen) atoms. The highest BCUT2D eigenvalue weighted by Gasteiger charge is 2.26. The molecular weight excluding hydrogens is 361 g/mol. The minimum absolute atomic E-state index is 0.364. The topological polar surface area (TPSA) is 182 Å². The highest BCUT2D eigenvalue weighted by Crippen LogP contribution is 2.35. The number of nitrogens with one attached hydrogen (secondary N) is 1. The van der Waals surface area contributed by atoms with Gasteiger partial charge in [-0.25, -0.2) is 4.57 Å². The zero-order valence-corrected chi connectivity index (χ0v) is 12.7. The third-order valence-electron chi connectivity index (χ3n) is 2.34. The van der Waals surface area contributed by atoms with Gasteiger partial charge >= 0.3 is 7.82 Å². The molecular formula is C9H9ClN3O9P. The summed E-state index contributed by atoms with van der Waals surface area (Å²) < 4.78 is 14.5. The number of carbonyl (C=O) groups is 1. The average Bonchev–Trinajstić information content (AvgIpc) is 2.41. The van der Waals surface area contributed by atoms with Crippen molar-refractivity contribution in [3.8, 4) is 0 Å². The molecule has 14 heteroatoms. The van der Waals surface area contributed by atoms with Crippen molar-refractivity contribution in [1.29, 1.82) is 0 Å². The molecule has 126 valence electrons. The number of phosphoric acid groups is 1.